The molecule has 0 aliphatic heterocycles. The molecule has 0 fully saturated rings. The van der Waals surface area contributed by atoms with Crippen LogP contribution in [0.25, 0.3) is 22.0 Å². The molecule has 3 N–H and O–H groups in total. The summed E-state index contributed by atoms with van der Waals surface area (Å²) in [6.45, 7) is 0. The largest absolute Gasteiger partial charge is 0.384 e. The second kappa shape index (κ2) is 3.55. The van der Waals surface area contributed by atoms with Gasteiger partial charge in [0.1, 0.15) is 11.6 Å². The number of hydrogen-bond acceptors (Lipinski definition) is 3. The summed E-state index contributed by atoms with van der Waals surface area (Å²) in [5, 5.41) is 7.00. The van der Waals surface area contributed by atoms with E-state index in [1.54, 1.807) is 30.5 Å². The van der Waals surface area contributed by atoms with Crippen molar-refractivity contribution in [3.63, 3.8) is 0 Å². The third kappa shape index (κ3) is 1.52. The minimum absolute atomic E-state index is 0.303. The van der Waals surface area contributed by atoms with E-state index >= 15 is 0 Å². The van der Waals surface area contributed by atoms with Gasteiger partial charge in [0.25, 0.3) is 0 Å². The predicted molar refractivity (Wildman–Crippen MR) is 63.7 cm³/mol. The Balaban J connectivity index is 2.23. The highest BCUT2D eigenvalue weighted by atomic mass is 19.1. The molecule has 4 nitrogen and oxygen atoms in total. The molecule has 2 aromatic heterocycles. The summed E-state index contributed by atoms with van der Waals surface area (Å²) in [5.41, 5.74) is 7.36. The zero-order chi connectivity index (χ0) is 11.8. The Morgan fingerprint density at radius 1 is 1.12 bits per heavy atom. The smallest absolute Gasteiger partial charge is 0.142 e. The molecule has 0 spiro atoms. The van der Waals surface area contributed by atoms with Gasteiger partial charge in [-0.1, -0.05) is 0 Å². The Kier molecular flexibility index (Phi) is 2.04. The van der Waals surface area contributed by atoms with Crippen LogP contribution < -0.4 is 5.73 Å². The van der Waals surface area contributed by atoms with Gasteiger partial charge in [0, 0.05) is 17.3 Å². The maximum Gasteiger partial charge on any atom is 0.142 e. The van der Waals surface area contributed by atoms with E-state index in [0.29, 0.717) is 27.8 Å². The monoisotopic (exact) mass is 228 g/mol. The van der Waals surface area contributed by atoms with Crippen molar-refractivity contribution in [2.75, 3.05) is 5.73 Å². The number of nitrogens with one attached hydrogen (secondary N) is 1. The lowest BCUT2D eigenvalue weighted by Crippen LogP contribution is -1.91. The van der Waals surface area contributed by atoms with E-state index in [0.717, 1.165) is 0 Å². The number of anilines is 1. The van der Waals surface area contributed by atoms with Crippen LogP contribution in [-0.2, 0) is 0 Å². The molecule has 1 aromatic carbocycles. The molecule has 5 heteroatoms. The van der Waals surface area contributed by atoms with Crippen molar-refractivity contribution in [1.29, 1.82) is 0 Å². The maximum absolute atomic E-state index is 14.2. The number of aromatic amines is 1. The van der Waals surface area contributed by atoms with E-state index in [1.807, 2.05) is 0 Å². The Labute approximate surface area is 96.3 Å². The van der Waals surface area contributed by atoms with Crippen molar-refractivity contribution in [2.24, 2.45) is 0 Å². The Hall–Kier alpha value is -2.43. The number of H-pyrrole nitrogens is 1. The Morgan fingerprint density at radius 2 is 2.00 bits per heavy atom. The van der Waals surface area contributed by atoms with Crippen molar-refractivity contribution in [2.45, 2.75) is 0 Å². The number of nitrogens with two attached hydrogens (primary N) is 1. The van der Waals surface area contributed by atoms with Gasteiger partial charge in [-0.2, -0.15) is 5.10 Å². The normalized spacial score (nSPS) is 10.9. The molecule has 0 aliphatic carbocycles. The van der Waals surface area contributed by atoms with Gasteiger partial charge in [-0.05, 0) is 24.3 Å². The highest BCUT2D eigenvalue weighted by Gasteiger charge is 2.10. The first-order valence-corrected chi connectivity index (χ1v) is 5.09. The number of hydrogen-bond donors (Lipinski definition) is 2. The zero-order valence-corrected chi connectivity index (χ0v) is 8.81. The van der Waals surface area contributed by atoms with Crippen molar-refractivity contribution in [1.82, 2.24) is 15.2 Å². The molecular formula is C12H9FN4. The fourth-order valence-electron chi connectivity index (χ4n) is 1.77. The van der Waals surface area contributed by atoms with Crippen LogP contribution in [0.3, 0.4) is 0 Å². The van der Waals surface area contributed by atoms with E-state index in [4.69, 9.17) is 5.73 Å². The van der Waals surface area contributed by atoms with Gasteiger partial charge >= 0.3 is 0 Å². The lowest BCUT2D eigenvalue weighted by molar-refractivity contribution is 0.643. The Morgan fingerprint density at radius 3 is 2.76 bits per heavy atom. The summed E-state index contributed by atoms with van der Waals surface area (Å²) < 4.78 is 14.2. The number of benzene rings is 1. The average molecular weight is 228 g/mol. The summed E-state index contributed by atoms with van der Waals surface area (Å²) in [5.74, 6) is 0.112. The molecule has 0 saturated heterocycles. The van der Waals surface area contributed by atoms with E-state index in [2.05, 4.69) is 15.2 Å². The van der Waals surface area contributed by atoms with E-state index < -0.39 is 0 Å². The minimum atomic E-state index is -0.303. The Bertz CT molecular complexity index is 673. The van der Waals surface area contributed by atoms with Crippen LogP contribution in [0, 0.1) is 5.82 Å². The van der Waals surface area contributed by atoms with Gasteiger partial charge in [0.05, 0.1) is 17.1 Å². The van der Waals surface area contributed by atoms with Crippen LogP contribution in [0.5, 0.6) is 0 Å². The van der Waals surface area contributed by atoms with Gasteiger partial charge in [-0.25, -0.2) is 9.37 Å². The summed E-state index contributed by atoms with van der Waals surface area (Å²) in [4.78, 5) is 3.95. The molecule has 2 heterocycles. The lowest BCUT2D eigenvalue weighted by Gasteiger charge is -2.04. The first-order valence-electron chi connectivity index (χ1n) is 5.09. The van der Waals surface area contributed by atoms with Gasteiger partial charge in [-0.15, -0.1) is 0 Å². The number of fused-ring (bicyclic) bond motifs is 1. The van der Waals surface area contributed by atoms with Crippen LogP contribution in [0.2, 0.25) is 0 Å². The highest BCUT2D eigenvalue weighted by Crippen LogP contribution is 2.27. The number of pyridine rings is 1. The van der Waals surface area contributed by atoms with E-state index in [9.17, 15) is 4.39 Å². The third-order valence-electron chi connectivity index (χ3n) is 2.66. The molecule has 3 aromatic rings. The highest BCUT2D eigenvalue weighted by molar-refractivity contribution is 5.84. The molecule has 0 amide bonds. The molecule has 17 heavy (non-hydrogen) atoms. The molecule has 0 saturated carbocycles. The lowest BCUT2D eigenvalue weighted by atomic mass is 10.1. The molecule has 84 valence electrons. The van der Waals surface area contributed by atoms with E-state index in [-0.39, 0.29) is 5.82 Å². The average Bonchev–Trinajstić information content (AvgIpc) is 2.80. The second-order valence-electron chi connectivity index (χ2n) is 3.73. The molecule has 0 bridgehead atoms. The molecule has 0 aliphatic rings. The van der Waals surface area contributed by atoms with E-state index in [1.165, 1.54) is 6.20 Å². The number of halogens is 1. The van der Waals surface area contributed by atoms with Crippen molar-refractivity contribution in [3.8, 4) is 11.1 Å². The third-order valence-corrected chi connectivity index (χ3v) is 2.66. The van der Waals surface area contributed by atoms with Crippen LogP contribution in [-0.4, -0.2) is 15.2 Å². The van der Waals surface area contributed by atoms with Crippen molar-refractivity contribution in [3.05, 3.63) is 42.5 Å². The number of rotatable bonds is 1. The summed E-state index contributed by atoms with van der Waals surface area (Å²) in [6.07, 6.45) is 3.03. The summed E-state index contributed by atoms with van der Waals surface area (Å²) in [7, 11) is 0. The first kappa shape index (κ1) is 9.77. The predicted octanol–water partition coefficient (Wildman–Crippen LogP) is 2.35. The maximum atomic E-state index is 14.2. The number of nitrogens with zero attached hydrogens (tertiary/aromatic N) is 2. The van der Waals surface area contributed by atoms with Crippen LogP contribution in [0.15, 0.2) is 36.7 Å². The SMILES string of the molecule is Nc1ccc(-c2ccc3[nH]ncc3c2F)cn1. The van der Waals surface area contributed by atoms with Crippen molar-refractivity contribution < 1.29 is 4.39 Å². The van der Waals surface area contributed by atoms with Gasteiger partial charge in [0.15, 0.2) is 0 Å². The molecular weight excluding hydrogens is 219 g/mol. The van der Waals surface area contributed by atoms with Gasteiger partial charge in [0.2, 0.25) is 0 Å². The topological polar surface area (TPSA) is 67.6 Å². The minimum Gasteiger partial charge on any atom is -0.384 e. The van der Waals surface area contributed by atoms with Gasteiger partial charge < -0.3 is 5.73 Å². The molecule has 0 unspecified atom stereocenters. The van der Waals surface area contributed by atoms with Crippen molar-refractivity contribution >= 4 is 16.7 Å². The fraction of sp³-hybridized carbons (Fsp3) is 0. The van der Waals surface area contributed by atoms with Crippen LogP contribution in [0.1, 0.15) is 0 Å². The second-order valence-corrected chi connectivity index (χ2v) is 3.73. The number of aromatic nitrogens is 3. The molecule has 0 radical (unpaired) electrons. The van der Waals surface area contributed by atoms with Crippen LogP contribution >= 0.6 is 0 Å². The number of nitrogen functional groups attached to an aromatic ring is 1. The zero-order valence-electron chi connectivity index (χ0n) is 8.81. The molecule has 3 rings (SSSR count). The first-order chi connectivity index (χ1) is 8.25. The quantitative estimate of drug-likeness (QED) is 0.671. The summed E-state index contributed by atoms with van der Waals surface area (Å²) in [6, 6.07) is 6.88. The van der Waals surface area contributed by atoms with Gasteiger partial charge in [-0.3, -0.25) is 5.10 Å². The fourth-order valence-corrected chi connectivity index (χ4v) is 1.77. The van der Waals surface area contributed by atoms with Crippen LogP contribution in [0.4, 0.5) is 10.2 Å². The molecule has 0 atom stereocenters. The summed E-state index contributed by atoms with van der Waals surface area (Å²) >= 11 is 0. The standard InChI is InChI=1S/C12H9FN4/c13-12-8(7-1-4-11(14)15-5-7)2-3-10-9(12)6-16-17-10/h1-6H,(H2,14,15)(H,16,17).